The standard InChI is InChI=1S/C20H18N6O2S/c1-11-18(9-26(25-11)8-13-10-29-12(2)22-13)24-20(28)17-7-15(19(21)27)14-5-3-4-6-16(14)23-17/h3-7,9-10H,8H2,1-2H3,(H2,21,27)(H,24,28). The number of fused-ring (bicyclic) bond motifs is 1. The summed E-state index contributed by atoms with van der Waals surface area (Å²) in [6, 6.07) is 8.47. The van der Waals surface area contributed by atoms with Crippen LogP contribution in [0.15, 0.2) is 41.9 Å². The zero-order chi connectivity index (χ0) is 20.5. The summed E-state index contributed by atoms with van der Waals surface area (Å²) in [5.41, 5.74) is 8.53. The molecule has 4 rings (SSSR count). The summed E-state index contributed by atoms with van der Waals surface area (Å²) >= 11 is 1.58. The highest BCUT2D eigenvalue weighted by atomic mass is 32.1. The molecule has 9 heteroatoms. The lowest BCUT2D eigenvalue weighted by atomic mass is 10.1. The van der Waals surface area contributed by atoms with Gasteiger partial charge in [0.1, 0.15) is 5.69 Å². The monoisotopic (exact) mass is 406 g/mol. The van der Waals surface area contributed by atoms with E-state index < -0.39 is 11.8 Å². The van der Waals surface area contributed by atoms with Crippen molar-refractivity contribution in [1.82, 2.24) is 19.7 Å². The average molecular weight is 406 g/mol. The van der Waals surface area contributed by atoms with Gasteiger partial charge in [-0.3, -0.25) is 14.3 Å². The van der Waals surface area contributed by atoms with E-state index in [1.807, 2.05) is 12.3 Å². The predicted octanol–water partition coefficient (Wildman–Crippen LogP) is 2.90. The van der Waals surface area contributed by atoms with Gasteiger partial charge in [-0.15, -0.1) is 11.3 Å². The van der Waals surface area contributed by atoms with Gasteiger partial charge in [-0.2, -0.15) is 5.10 Å². The number of hydrogen-bond donors (Lipinski definition) is 2. The molecule has 0 radical (unpaired) electrons. The van der Waals surface area contributed by atoms with Gasteiger partial charge in [-0.05, 0) is 26.0 Å². The van der Waals surface area contributed by atoms with Crippen LogP contribution >= 0.6 is 11.3 Å². The van der Waals surface area contributed by atoms with Crippen LogP contribution in [0.1, 0.15) is 37.2 Å². The quantitative estimate of drug-likeness (QED) is 0.529. The largest absolute Gasteiger partial charge is 0.366 e. The number of para-hydroxylation sites is 1. The minimum absolute atomic E-state index is 0.111. The van der Waals surface area contributed by atoms with E-state index >= 15 is 0 Å². The molecular formula is C20H18N6O2S. The Morgan fingerprint density at radius 3 is 2.72 bits per heavy atom. The Morgan fingerprint density at radius 1 is 1.21 bits per heavy atom. The van der Waals surface area contributed by atoms with E-state index in [0.29, 0.717) is 28.8 Å². The van der Waals surface area contributed by atoms with Crippen molar-refractivity contribution in [1.29, 1.82) is 0 Å². The number of benzene rings is 1. The highest BCUT2D eigenvalue weighted by Crippen LogP contribution is 2.20. The topological polar surface area (TPSA) is 116 Å². The molecule has 0 aliphatic rings. The van der Waals surface area contributed by atoms with Gasteiger partial charge < -0.3 is 11.1 Å². The molecule has 0 bridgehead atoms. The van der Waals surface area contributed by atoms with E-state index in [4.69, 9.17) is 5.73 Å². The molecule has 3 N–H and O–H groups in total. The molecule has 29 heavy (non-hydrogen) atoms. The molecule has 0 aliphatic carbocycles. The number of carbonyl (C=O) groups is 2. The number of primary amides is 1. The Morgan fingerprint density at radius 2 is 2.00 bits per heavy atom. The first kappa shape index (κ1) is 18.8. The van der Waals surface area contributed by atoms with Crippen LogP contribution in [-0.4, -0.2) is 31.6 Å². The number of rotatable bonds is 5. The first-order valence-corrected chi connectivity index (χ1v) is 9.74. The van der Waals surface area contributed by atoms with E-state index in [1.165, 1.54) is 6.07 Å². The highest BCUT2D eigenvalue weighted by molar-refractivity contribution is 7.09. The highest BCUT2D eigenvalue weighted by Gasteiger charge is 2.17. The van der Waals surface area contributed by atoms with Gasteiger partial charge in [-0.1, -0.05) is 18.2 Å². The summed E-state index contributed by atoms with van der Waals surface area (Å²) in [5, 5.41) is 10.8. The summed E-state index contributed by atoms with van der Waals surface area (Å²) in [7, 11) is 0. The Balaban J connectivity index is 1.60. The van der Waals surface area contributed by atoms with E-state index in [9.17, 15) is 9.59 Å². The first-order valence-electron chi connectivity index (χ1n) is 8.86. The van der Waals surface area contributed by atoms with Crippen molar-refractivity contribution in [2.45, 2.75) is 20.4 Å². The number of carbonyl (C=O) groups excluding carboxylic acids is 2. The molecule has 3 heterocycles. The van der Waals surface area contributed by atoms with E-state index in [1.54, 1.807) is 53.4 Å². The number of anilines is 1. The van der Waals surface area contributed by atoms with Crippen LogP contribution in [0, 0.1) is 13.8 Å². The molecule has 1 aromatic carbocycles. The molecule has 0 aliphatic heterocycles. The Kier molecular flexibility index (Phi) is 4.81. The average Bonchev–Trinajstić information content (AvgIpc) is 3.25. The molecule has 2 amide bonds. The van der Waals surface area contributed by atoms with Crippen LogP contribution in [0.3, 0.4) is 0 Å². The van der Waals surface area contributed by atoms with E-state index in [0.717, 1.165) is 10.7 Å². The van der Waals surface area contributed by atoms with Crippen molar-refractivity contribution < 1.29 is 9.59 Å². The van der Waals surface area contributed by atoms with Crippen molar-refractivity contribution in [3.63, 3.8) is 0 Å². The number of nitrogens with zero attached hydrogens (tertiary/aromatic N) is 4. The number of aromatic nitrogens is 4. The lowest BCUT2D eigenvalue weighted by Gasteiger charge is -2.07. The second kappa shape index (κ2) is 7.44. The maximum absolute atomic E-state index is 12.8. The fraction of sp³-hybridized carbons (Fsp3) is 0.150. The number of nitrogens with one attached hydrogen (secondary N) is 1. The van der Waals surface area contributed by atoms with Gasteiger partial charge in [0.15, 0.2) is 0 Å². The SMILES string of the molecule is Cc1nc(Cn2cc(NC(=O)c3cc(C(N)=O)c4ccccc4n3)c(C)n2)cs1. The molecule has 3 aromatic heterocycles. The number of amides is 2. The second-order valence-electron chi connectivity index (χ2n) is 6.57. The van der Waals surface area contributed by atoms with Crippen LogP contribution in [0.5, 0.6) is 0 Å². The number of pyridine rings is 1. The molecule has 0 unspecified atom stereocenters. The fourth-order valence-electron chi connectivity index (χ4n) is 3.05. The van der Waals surface area contributed by atoms with Gasteiger partial charge in [0.05, 0.1) is 39.7 Å². The number of hydrogen-bond acceptors (Lipinski definition) is 6. The van der Waals surface area contributed by atoms with E-state index in [-0.39, 0.29) is 11.3 Å². The van der Waals surface area contributed by atoms with Crippen LogP contribution in [-0.2, 0) is 6.54 Å². The van der Waals surface area contributed by atoms with Crippen LogP contribution in [0.2, 0.25) is 0 Å². The summed E-state index contributed by atoms with van der Waals surface area (Å²) in [6.07, 6.45) is 1.75. The third-order valence-electron chi connectivity index (χ3n) is 4.40. The second-order valence-corrected chi connectivity index (χ2v) is 7.64. The normalized spacial score (nSPS) is 11.0. The summed E-state index contributed by atoms with van der Waals surface area (Å²) in [6.45, 7) is 4.27. The fourth-order valence-corrected chi connectivity index (χ4v) is 3.65. The molecule has 0 spiro atoms. The van der Waals surface area contributed by atoms with Crippen molar-refractivity contribution in [2.75, 3.05) is 5.32 Å². The van der Waals surface area contributed by atoms with Crippen molar-refractivity contribution in [2.24, 2.45) is 5.73 Å². The molecule has 4 aromatic rings. The molecule has 0 atom stereocenters. The van der Waals surface area contributed by atoms with Crippen molar-refractivity contribution in [3.05, 3.63) is 69.6 Å². The van der Waals surface area contributed by atoms with Gasteiger partial charge in [0.2, 0.25) is 5.91 Å². The Labute approximate surface area is 170 Å². The molecule has 0 saturated carbocycles. The van der Waals surface area contributed by atoms with E-state index in [2.05, 4.69) is 20.4 Å². The van der Waals surface area contributed by atoms with Crippen LogP contribution in [0.4, 0.5) is 5.69 Å². The Bertz CT molecular complexity index is 1240. The summed E-state index contributed by atoms with van der Waals surface area (Å²) in [5.74, 6) is -1.05. The number of aryl methyl sites for hydroxylation is 2. The molecule has 146 valence electrons. The van der Waals surface area contributed by atoms with Gasteiger partial charge in [0.25, 0.3) is 5.91 Å². The number of thiazole rings is 1. The van der Waals surface area contributed by atoms with Crippen molar-refractivity contribution in [3.8, 4) is 0 Å². The zero-order valence-electron chi connectivity index (χ0n) is 15.8. The summed E-state index contributed by atoms with van der Waals surface area (Å²) in [4.78, 5) is 33.4. The molecule has 0 fully saturated rings. The first-order chi connectivity index (χ1) is 13.9. The van der Waals surface area contributed by atoms with Crippen molar-refractivity contribution >= 4 is 39.7 Å². The minimum Gasteiger partial charge on any atom is -0.366 e. The third-order valence-corrected chi connectivity index (χ3v) is 5.22. The third kappa shape index (κ3) is 3.85. The zero-order valence-corrected chi connectivity index (χ0v) is 16.7. The van der Waals surface area contributed by atoms with Crippen LogP contribution in [0.25, 0.3) is 10.9 Å². The maximum Gasteiger partial charge on any atom is 0.274 e. The number of nitrogens with two attached hydrogens (primary N) is 1. The van der Waals surface area contributed by atoms with Gasteiger partial charge in [0, 0.05) is 17.0 Å². The predicted molar refractivity (Wildman–Crippen MR) is 111 cm³/mol. The van der Waals surface area contributed by atoms with Gasteiger partial charge >= 0.3 is 0 Å². The summed E-state index contributed by atoms with van der Waals surface area (Å²) < 4.78 is 1.72. The molecule has 8 nitrogen and oxygen atoms in total. The lowest BCUT2D eigenvalue weighted by molar-refractivity contribution is 0.100. The van der Waals surface area contributed by atoms with Gasteiger partial charge in [-0.25, -0.2) is 9.97 Å². The molecule has 0 saturated heterocycles. The lowest BCUT2D eigenvalue weighted by Crippen LogP contribution is -2.17. The molecular weight excluding hydrogens is 388 g/mol. The maximum atomic E-state index is 12.8. The smallest absolute Gasteiger partial charge is 0.274 e. The minimum atomic E-state index is -0.611. The Hall–Kier alpha value is -3.59. The van der Waals surface area contributed by atoms with Crippen LogP contribution < -0.4 is 11.1 Å².